The maximum Gasteiger partial charge on any atom is 0.164 e. The van der Waals surface area contributed by atoms with Gasteiger partial charge in [0, 0.05) is 29.4 Å². The summed E-state index contributed by atoms with van der Waals surface area (Å²) in [6.45, 7) is 0. The van der Waals surface area contributed by atoms with Gasteiger partial charge in [-0.2, -0.15) is 5.26 Å². The predicted octanol–water partition coefficient (Wildman–Crippen LogP) is 2.11. The summed E-state index contributed by atoms with van der Waals surface area (Å²) in [6, 6.07) is 1.78. The Kier molecular flexibility index (Phi) is 2.11. The van der Waals surface area contributed by atoms with Gasteiger partial charge in [-0.25, -0.2) is 0 Å². The van der Waals surface area contributed by atoms with E-state index in [4.69, 9.17) is 5.26 Å². The molecule has 0 spiro atoms. The number of aromatic amines is 1. The number of nitriles is 1. The Bertz CT molecular complexity index is 389. The minimum absolute atomic E-state index is 0.197. The molecule has 0 unspecified atom stereocenters. The van der Waals surface area contributed by atoms with E-state index in [0.29, 0.717) is 6.42 Å². The Morgan fingerprint density at radius 3 is 3.08 bits per heavy atom. The molecule has 0 bridgehead atoms. The first-order valence-corrected chi connectivity index (χ1v) is 4.94. The normalized spacial score (nSPS) is 15.2. The molecule has 3 nitrogen and oxygen atoms in total. The van der Waals surface area contributed by atoms with Gasteiger partial charge in [-0.3, -0.25) is 4.79 Å². The van der Waals surface area contributed by atoms with Crippen LogP contribution in [0.15, 0.2) is 11.1 Å². The second kappa shape index (κ2) is 3.27. The highest BCUT2D eigenvalue weighted by atomic mass is 32.2. The van der Waals surface area contributed by atoms with Crippen LogP contribution >= 0.6 is 11.8 Å². The first-order chi connectivity index (χ1) is 6.31. The maximum absolute atomic E-state index is 11.4. The Hall–Kier alpha value is -1.21. The fourth-order valence-electron chi connectivity index (χ4n) is 1.58. The van der Waals surface area contributed by atoms with Crippen molar-refractivity contribution < 1.29 is 4.79 Å². The zero-order valence-electron chi connectivity index (χ0n) is 6.96. The molecule has 13 heavy (non-hydrogen) atoms. The van der Waals surface area contributed by atoms with Crippen LogP contribution in [0.25, 0.3) is 0 Å². The van der Waals surface area contributed by atoms with Crippen LogP contribution in [0, 0.1) is 10.7 Å². The monoisotopic (exact) mass is 192 g/mol. The van der Waals surface area contributed by atoms with Crippen LogP contribution in [0.3, 0.4) is 0 Å². The number of aromatic nitrogens is 1. The number of hydrogen-bond acceptors (Lipinski definition) is 3. The lowest BCUT2D eigenvalue weighted by Crippen LogP contribution is -2.08. The summed E-state index contributed by atoms with van der Waals surface area (Å²) < 4.78 is 0. The van der Waals surface area contributed by atoms with E-state index < -0.39 is 0 Å². The molecule has 1 aromatic rings. The third-order valence-corrected chi connectivity index (χ3v) is 2.69. The van der Waals surface area contributed by atoms with Crippen LogP contribution in [0.1, 0.15) is 28.9 Å². The quantitative estimate of drug-likeness (QED) is 0.547. The molecular weight excluding hydrogens is 184 g/mol. The van der Waals surface area contributed by atoms with Crippen molar-refractivity contribution in [1.82, 2.24) is 4.98 Å². The van der Waals surface area contributed by atoms with Crippen LogP contribution in [0.2, 0.25) is 0 Å². The molecule has 1 aromatic heterocycles. The molecule has 0 aliphatic heterocycles. The molecule has 0 fully saturated rings. The number of carbonyl (C=O) groups excluding carboxylic acids is 1. The van der Waals surface area contributed by atoms with E-state index in [0.717, 1.165) is 40.9 Å². The summed E-state index contributed by atoms with van der Waals surface area (Å²) in [7, 11) is 0. The van der Waals surface area contributed by atoms with Gasteiger partial charge in [-0.15, -0.1) is 0 Å². The van der Waals surface area contributed by atoms with Gasteiger partial charge in [0.05, 0.1) is 5.03 Å². The number of fused-ring (bicyclic) bond motifs is 1. The Morgan fingerprint density at radius 1 is 1.54 bits per heavy atom. The Labute approximate surface area is 80.1 Å². The van der Waals surface area contributed by atoms with Gasteiger partial charge in [-0.05, 0) is 18.9 Å². The van der Waals surface area contributed by atoms with Gasteiger partial charge in [-0.1, -0.05) is 0 Å². The number of carbonyl (C=O) groups is 1. The molecular formula is C9H8N2OS. The highest BCUT2D eigenvalue weighted by Gasteiger charge is 2.19. The first kappa shape index (κ1) is 8.39. The van der Waals surface area contributed by atoms with Crippen molar-refractivity contribution in [2.45, 2.75) is 24.3 Å². The summed E-state index contributed by atoms with van der Waals surface area (Å²) in [5.41, 5.74) is 1.78. The van der Waals surface area contributed by atoms with E-state index in [1.165, 1.54) is 0 Å². The Balaban J connectivity index is 2.37. The minimum atomic E-state index is 0.197. The van der Waals surface area contributed by atoms with Crippen molar-refractivity contribution in [3.63, 3.8) is 0 Å². The maximum atomic E-state index is 11.4. The molecule has 1 aliphatic carbocycles. The lowest BCUT2D eigenvalue weighted by Gasteiger charge is -2.08. The van der Waals surface area contributed by atoms with Crippen molar-refractivity contribution in [3.05, 3.63) is 17.3 Å². The number of nitrogens with zero attached hydrogens (tertiary/aromatic N) is 1. The van der Waals surface area contributed by atoms with Crippen LogP contribution in [0.5, 0.6) is 0 Å². The van der Waals surface area contributed by atoms with E-state index in [1.807, 2.05) is 5.40 Å². The molecule has 2 rings (SSSR count). The predicted molar refractivity (Wildman–Crippen MR) is 49.5 cm³/mol. The molecule has 4 heteroatoms. The van der Waals surface area contributed by atoms with Gasteiger partial charge in [0.15, 0.2) is 5.78 Å². The largest absolute Gasteiger partial charge is 0.352 e. The van der Waals surface area contributed by atoms with E-state index in [2.05, 4.69) is 4.98 Å². The number of H-pyrrole nitrogens is 1. The molecule has 1 aliphatic rings. The molecule has 0 radical (unpaired) electrons. The van der Waals surface area contributed by atoms with Gasteiger partial charge in [0.25, 0.3) is 0 Å². The van der Waals surface area contributed by atoms with Crippen LogP contribution in [0.4, 0.5) is 0 Å². The highest BCUT2D eigenvalue weighted by Crippen LogP contribution is 2.26. The fraction of sp³-hybridized carbons (Fsp3) is 0.333. The fourth-order valence-corrected chi connectivity index (χ4v) is 2.03. The van der Waals surface area contributed by atoms with Gasteiger partial charge in [0.1, 0.15) is 5.40 Å². The SMILES string of the molecule is N#CSc1cc2c([nH]1)CCCC2=O. The van der Waals surface area contributed by atoms with Crippen LogP contribution < -0.4 is 0 Å². The van der Waals surface area contributed by atoms with Crippen molar-refractivity contribution in [2.24, 2.45) is 0 Å². The third-order valence-electron chi connectivity index (χ3n) is 2.16. The molecule has 0 saturated heterocycles. The summed E-state index contributed by atoms with van der Waals surface area (Å²) in [5, 5.41) is 11.2. The molecule has 1 N–H and O–H groups in total. The van der Waals surface area contributed by atoms with Gasteiger partial charge in [0.2, 0.25) is 0 Å². The zero-order chi connectivity index (χ0) is 9.26. The van der Waals surface area contributed by atoms with E-state index in [-0.39, 0.29) is 5.78 Å². The number of Topliss-reactive ketones (excluding diaryl/α,β-unsaturated/α-hetero) is 1. The van der Waals surface area contributed by atoms with Crippen molar-refractivity contribution in [3.8, 4) is 5.40 Å². The van der Waals surface area contributed by atoms with Crippen LogP contribution in [-0.2, 0) is 6.42 Å². The second-order valence-corrected chi connectivity index (χ2v) is 3.82. The standard InChI is InChI=1S/C9H8N2OS/c10-5-13-9-4-6-7(11-9)2-1-3-8(6)12/h4,11H,1-3H2. The topological polar surface area (TPSA) is 56.6 Å². The van der Waals surface area contributed by atoms with Gasteiger partial charge >= 0.3 is 0 Å². The zero-order valence-corrected chi connectivity index (χ0v) is 7.78. The molecule has 1 heterocycles. The molecule has 0 saturated carbocycles. The molecule has 66 valence electrons. The lowest BCUT2D eigenvalue weighted by atomic mass is 9.97. The van der Waals surface area contributed by atoms with Crippen molar-refractivity contribution in [1.29, 1.82) is 5.26 Å². The second-order valence-electron chi connectivity index (χ2n) is 3.00. The smallest absolute Gasteiger partial charge is 0.164 e. The van der Waals surface area contributed by atoms with Crippen molar-refractivity contribution in [2.75, 3.05) is 0 Å². The summed E-state index contributed by atoms with van der Waals surface area (Å²) >= 11 is 1.07. The molecule has 0 aromatic carbocycles. The van der Waals surface area contributed by atoms with Crippen LogP contribution in [-0.4, -0.2) is 10.8 Å². The van der Waals surface area contributed by atoms with E-state index >= 15 is 0 Å². The highest BCUT2D eigenvalue weighted by molar-refractivity contribution is 8.03. The number of hydrogen-bond donors (Lipinski definition) is 1. The minimum Gasteiger partial charge on any atom is -0.352 e. The first-order valence-electron chi connectivity index (χ1n) is 4.12. The summed E-state index contributed by atoms with van der Waals surface area (Å²) in [6.07, 6.45) is 2.48. The Morgan fingerprint density at radius 2 is 2.38 bits per heavy atom. The summed E-state index contributed by atoms with van der Waals surface area (Å²) in [5.74, 6) is 0.197. The van der Waals surface area contributed by atoms with Gasteiger partial charge < -0.3 is 4.98 Å². The summed E-state index contributed by atoms with van der Waals surface area (Å²) in [4.78, 5) is 14.5. The van der Waals surface area contributed by atoms with Crippen molar-refractivity contribution >= 4 is 17.5 Å². The number of thioether (sulfide) groups is 1. The number of nitrogens with one attached hydrogen (secondary N) is 1. The average molecular weight is 192 g/mol. The molecule has 0 amide bonds. The number of ketones is 1. The van der Waals surface area contributed by atoms with E-state index in [1.54, 1.807) is 6.07 Å². The molecule has 0 atom stereocenters. The number of thiocyanates is 1. The average Bonchev–Trinajstić information content (AvgIpc) is 2.49. The lowest BCUT2D eigenvalue weighted by molar-refractivity contribution is 0.0972. The number of aryl methyl sites for hydroxylation is 1. The van der Waals surface area contributed by atoms with E-state index in [9.17, 15) is 4.79 Å². The number of rotatable bonds is 1. The third kappa shape index (κ3) is 1.47.